The highest BCUT2D eigenvalue weighted by Crippen LogP contribution is 2.16. The van der Waals surface area contributed by atoms with E-state index in [1.165, 1.54) is 63.5 Å². The molecule has 0 aliphatic rings. The molecule has 0 heterocycles. The predicted molar refractivity (Wildman–Crippen MR) is 152 cm³/mol. The van der Waals surface area contributed by atoms with E-state index in [2.05, 4.69) is 12.2 Å². The number of sulfone groups is 1. The molecule has 0 unspecified atom stereocenters. The Morgan fingerprint density at radius 3 is 1.92 bits per heavy atom. The maximum Gasteiger partial charge on any atom is 0.394 e. The molecule has 39 heavy (non-hydrogen) atoms. The SMILES string of the molecule is CCCCCCCCCCCCNC(=O)c1cccc(CN(Cc2ccc(S(C)(=O)=O)cc2)C(=O)C(=O)O)c1. The van der Waals surface area contributed by atoms with Crippen LogP contribution < -0.4 is 5.32 Å². The molecule has 2 rings (SSSR count). The highest BCUT2D eigenvalue weighted by molar-refractivity contribution is 7.90. The van der Waals surface area contributed by atoms with E-state index in [9.17, 15) is 27.9 Å². The minimum absolute atomic E-state index is 0.0154. The summed E-state index contributed by atoms with van der Waals surface area (Å²) in [5.41, 5.74) is 1.64. The van der Waals surface area contributed by atoms with Crippen molar-refractivity contribution < 1.29 is 27.9 Å². The van der Waals surface area contributed by atoms with E-state index in [0.717, 1.165) is 24.0 Å². The van der Waals surface area contributed by atoms with Crippen LogP contribution in [0, 0.1) is 0 Å². The third-order valence-corrected chi connectivity index (χ3v) is 7.70. The molecule has 9 heteroatoms. The Balaban J connectivity index is 1.87. The van der Waals surface area contributed by atoms with Crippen LogP contribution in [0.15, 0.2) is 53.4 Å². The summed E-state index contributed by atoms with van der Waals surface area (Å²) in [4.78, 5) is 37.7. The van der Waals surface area contributed by atoms with Crippen molar-refractivity contribution in [2.45, 2.75) is 89.1 Å². The minimum atomic E-state index is -3.37. The number of hydrogen-bond acceptors (Lipinski definition) is 5. The van der Waals surface area contributed by atoms with E-state index in [1.54, 1.807) is 36.4 Å². The summed E-state index contributed by atoms with van der Waals surface area (Å²) in [6.45, 7) is 2.78. The number of nitrogens with one attached hydrogen (secondary N) is 1. The fraction of sp³-hybridized carbons (Fsp3) is 0.500. The van der Waals surface area contributed by atoms with Crippen molar-refractivity contribution in [2.24, 2.45) is 0 Å². The highest BCUT2D eigenvalue weighted by atomic mass is 32.2. The van der Waals surface area contributed by atoms with Crippen LogP contribution in [0.5, 0.6) is 0 Å². The Labute approximate surface area is 232 Å². The number of amides is 2. The van der Waals surface area contributed by atoms with Crippen molar-refractivity contribution in [2.75, 3.05) is 12.8 Å². The number of unbranched alkanes of at least 4 members (excludes halogenated alkanes) is 9. The van der Waals surface area contributed by atoms with Crippen LogP contribution in [0.4, 0.5) is 0 Å². The summed E-state index contributed by atoms with van der Waals surface area (Å²) in [6, 6.07) is 12.7. The average Bonchev–Trinajstić information content (AvgIpc) is 2.90. The van der Waals surface area contributed by atoms with Crippen LogP contribution >= 0.6 is 0 Å². The lowest BCUT2D eigenvalue weighted by molar-refractivity contribution is -0.156. The Kier molecular flexibility index (Phi) is 13.7. The van der Waals surface area contributed by atoms with Gasteiger partial charge in [0.1, 0.15) is 0 Å². The van der Waals surface area contributed by atoms with Crippen LogP contribution in [0.25, 0.3) is 0 Å². The van der Waals surface area contributed by atoms with Gasteiger partial charge in [-0.25, -0.2) is 13.2 Å². The third kappa shape index (κ3) is 12.0. The van der Waals surface area contributed by atoms with Crippen molar-refractivity contribution >= 4 is 27.6 Å². The average molecular weight is 559 g/mol. The van der Waals surface area contributed by atoms with Gasteiger partial charge >= 0.3 is 11.9 Å². The van der Waals surface area contributed by atoms with Crippen molar-refractivity contribution in [3.63, 3.8) is 0 Å². The zero-order valence-corrected chi connectivity index (χ0v) is 24.0. The lowest BCUT2D eigenvalue weighted by Crippen LogP contribution is -2.35. The molecule has 2 aromatic carbocycles. The Morgan fingerprint density at radius 1 is 0.795 bits per heavy atom. The lowest BCUT2D eigenvalue weighted by Gasteiger charge is -2.21. The molecular formula is C30H42N2O6S. The summed E-state index contributed by atoms with van der Waals surface area (Å²) in [5.74, 6) is -2.88. The number of rotatable bonds is 17. The molecule has 0 atom stereocenters. The number of hydrogen-bond donors (Lipinski definition) is 2. The summed E-state index contributed by atoms with van der Waals surface area (Å²) in [6.07, 6.45) is 13.3. The second-order valence-electron chi connectivity index (χ2n) is 10.0. The molecule has 0 saturated heterocycles. The number of aliphatic carboxylic acids is 1. The van der Waals surface area contributed by atoms with Gasteiger partial charge in [-0.05, 0) is 41.8 Å². The third-order valence-electron chi connectivity index (χ3n) is 6.57. The molecule has 0 aromatic heterocycles. The van der Waals surface area contributed by atoms with Gasteiger partial charge < -0.3 is 15.3 Å². The van der Waals surface area contributed by atoms with Gasteiger partial charge in [0.2, 0.25) is 0 Å². The number of carbonyl (C=O) groups is 3. The standard InChI is InChI=1S/C30H42N2O6S/c1-3-4-5-6-7-8-9-10-11-12-20-31-28(33)26-15-13-14-25(21-26)23-32(29(34)30(35)36)22-24-16-18-27(19-17-24)39(2,37)38/h13-19,21H,3-12,20,22-23H2,1-2H3,(H,31,33)(H,35,36). The molecule has 0 spiro atoms. The summed E-state index contributed by atoms with van der Waals surface area (Å²) in [5, 5.41) is 12.2. The number of carbonyl (C=O) groups excluding carboxylic acids is 2. The van der Waals surface area contributed by atoms with Crippen molar-refractivity contribution in [1.29, 1.82) is 0 Å². The molecule has 2 N–H and O–H groups in total. The van der Waals surface area contributed by atoms with Gasteiger partial charge in [-0.15, -0.1) is 0 Å². The number of carboxylic acid groups (broad SMARTS) is 1. The topological polar surface area (TPSA) is 121 Å². The van der Waals surface area contributed by atoms with Crippen LogP contribution in [0.3, 0.4) is 0 Å². The Bertz CT molecular complexity index is 1180. The van der Waals surface area contributed by atoms with Gasteiger partial charge in [-0.1, -0.05) is 89.0 Å². The van der Waals surface area contributed by atoms with Crippen LogP contribution in [0.2, 0.25) is 0 Å². The maximum atomic E-state index is 12.7. The van der Waals surface area contributed by atoms with Crippen LogP contribution in [-0.4, -0.2) is 49.0 Å². The Hall–Kier alpha value is -3.20. The number of nitrogens with zero attached hydrogens (tertiary/aromatic N) is 1. The zero-order chi connectivity index (χ0) is 28.7. The first kappa shape index (κ1) is 32.0. The van der Waals surface area contributed by atoms with Crippen molar-refractivity contribution in [3.05, 3.63) is 65.2 Å². The molecule has 0 saturated carbocycles. The molecule has 8 nitrogen and oxygen atoms in total. The van der Waals surface area contributed by atoms with E-state index < -0.39 is 21.7 Å². The number of benzene rings is 2. The summed E-state index contributed by atoms with van der Waals surface area (Å²) >= 11 is 0. The lowest BCUT2D eigenvalue weighted by atomic mass is 10.1. The largest absolute Gasteiger partial charge is 0.474 e. The summed E-state index contributed by atoms with van der Waals surface area (Å²) in [7, 11) is -3.37. The van der Waals surface area contributed by atoms with E-state index >= 15 is 0 Å². The molecule has 0 aliphatic heterocycles. The normalized spacial score (nSPS) is 11.2. The maximum absolute atomic E-state index is 12.7. The van der Waals surface area contributed by atoms with Gasteiger partial charge in [-0.3, -0.25) is 9.59 Å². The van der Waals surface area contributed by atoms with Crippen LogP contribution in [0.1, 0.15) is 92.6 Å². The molecule has 0 aliphatic carbocycles. The van der Waals surface area contributed by atoms with Crippen molar-refractivity contribution in [3.8, 4) is 0 Å². The predicted octanol–water partition coefficient (Wildman–Crippen LogP) is 5.35. The number of carboxylic acids is 1. The van der Waals surface area contributed by atoms with E-state index in [0.29, 0.717) is 23.2 Å². The monoisotopic (exact) mass is 558 g/mol. The first-order chi connectivity index (χ1) is 18.6. The second-order valence-corrected chi connectivity index (χ2v) is 12.0. The molecule has 2 amide bonds. The van der Waals surface area contributed by atoms with Gasteiger partial charge in [0.15, 0.2) is 9.84 Å². The Morgan fingerprint density at radius 2 is 1.36 bits per heavy atom. The zero-order valence-electron chi connectivity index (χ0n) is 23.2. The van der Waals surface area contributed by atoms with Gasteiger partial charge in [0, 0.05) is 31.5 Å². The van der Waals surface area contributed by atoms with E-state index in [-0.39, 0.29) is 23.9 Å². The molecule has 0 radical (unpaired) electrons. The van der Waals surface area contributed by atoms with Crippen molar-refractivity contribution in [1.82, 2.24) is 10.2 Å². The van der Waals surface area contributed by atoms with Gasteiger partial charge in [-0.2, -0.15) is 0 Å². The first-order valence-corrected chi connectivity index (χ1v) is 15.7. The van der Waals surface area contributed by atoms with Gasteiger partial charge in [0.25, 0.3) is 5.91 Å². The second kappa shape index (κ2) is 16.7. The minimum Gasteiger partial charge on any atom is -0.474 e. The fourth-order valence-electron chi connectivity index (χ4n) is 4.34. The summed E-state index contributed by atoms with van der Waals surface area (Å²) < 4.78 is 23.4. The smallest absolute Gasteiger partial charge is 0.394 e. The highest BCUT2D eigenvalue weighted by Gasteiger charge is 2.22. The first-order valence-electron chi connectivity index (χ1n) is 13.8. The molecule has 0 bridgehead atoms. The molecule has 2 aromatic rings. The molecular weight excluding hydrogens is 516 g/mol. The van der Waals surface area contributed by atoms with Gasteiger partial charge in [0.05, 0.1) is 4.90 Å². The van der Waals surface area contributed by atoms with E-state index in [4.69, 9.17) is 0 Å². The molecule has 0 fully saturated rings. The molecule has 214 valence electrons. The van der Waals surface area contributed by atoms with Crippen LogP contribution in [-0.2, 0) is 32.5 Å². The fourth-order valence-corrected chi connectivity index (χ4v) is 4.98. The van der Waals surface area contributed by atoms with E-state index in [1.807, 2.05) is 0 Å². The quantitative estimate of drug-likeness (QED) is 0.199.